The van der Waals surface area contributed by atoms with Gasteiger partial charge in [-0.05, 0) is 43.0 Å². The second-order valence-corrected chi connectivity index (χ2v) is 10.6. The third-order valence-electron chi connectivity index (χ3n) is 6.14. The Morgan fingerprint density at radius 3 is 1.97 bits per heavy atom. The van der Waals surface area contributed by atoms with Crippen molar-refractivity contribution in [3.8, 4) is 0 Å². The van der Waals surface area contributed by atoms with Crippen LogP contribution in [0.15, 0.2) is 89.8 Å². The van der Waals surface area contributed by atoms with Crippen molar-refractivity contribution in [1.29, 1.82) is 0 Å². The molecule has 6 heteroatoms. The van der Waals surface area contributed by atoms with Crippen LogP contribution in [0.4, 0.5) is 0 Å². The normalized spacial score (nSPS) is 16.9. The van der Waals surface area contributed by atoms with Gasteiger partial charge in [-0.3, -0.25) is 4.79 Å². The van der Waals surface area contributed by atoms with Crippen molar-refractivity contribution < 1.29 is 13.2 Å². The second kappa shape index (κ2) is 10.3. The highest BCUT2D eigenvalue weighted by Crippen LogP contribution is 2.26. The zero-order chi connectivity index (χ0) is 23.3. The summed E-state index contributed by atoms with van der Waals surface area (Å²) in [5, 5.41) is 0. The topological polar surface area (TPSA) is 57.7 Å². The Hall–Kier alpha value is -2.96. The maximum absolute atomic E-state index is 13.7. The number of amides is 1. The van der Waals surface area contributed by atoms with Crippen molar-refractivity contribution in [1.82, 2.24) is 9.21 Å². The summed E-state index contributed by atoms with van der Waals surface area (Å²) < 4.78 is 27.9. The lowest BCUT2D eigenvalue weighted by molar-refractivity contribution is -0.138. The molecule has 0 radical (unpaired) electrons. The maximum atomic E-state index is 13.7. The molecular weight excluding hydrogens is 432 g/mol. The largest absolute Gasteiger partial charge is 0.334 e. The fourth-order valence-corrected chi connectivity index (χ4v) is 5.82. The summed E-state index contributed by atoms with van der Waals surface area (Å²) in [4.78, 5) is 15.8. The molecule has 0 spiro atoms. The summed E-state index contributed by atoms with van der Waals surface area (Å²) in [6.45, 7) is 3.58. The molecule has 0 bridgehead atoms. The molecule has 4 rings (SSSR count). The molecule has 1 amide bonds. The highest BCUT2D eigenvalue weighted by molar-refractivity contribution is 7.89. The van der Waals surface area contributed by atoms with Crippen molar-refractivity contribution in [2.45, 2.75) is 37.8 Å². The number of carbonyl (C=O) groups is 1. The average molecular weight is 463 g/mol. The molecule has 1 aliphatic rings. The molecule has 1 fully saturated rings. The third kappa shape index (κ3) is 5.70. The Balaban J connectivity index is 1.54. The van der Waals surface area contributed by atoms with E-state index in [1.165, 1.54) is 4.31 Å². The van der Waals surface area contributed by atoms with Gasteiger partial charge in [0, 0.05) is 26.2 Å². The number of carbonyl (C=O) groups excluding carboxylic acids is 1. The summed E-state index contributed by atoms with van der Waals surface area (Å²) in [7, 11) is -3.63. The smallest absolute Gasteiger partial charge is 0.243 e. The molecule has 0 N–H and O–H groups in total. The van der Waals surface area contributed by atoms with Crippen LogP contribution < -0.4 is 0 Å². The molecular formula is C27H30N2O3S. The van der Waals surface area contributed by atoms with Crippen molar-refractivity contribution in [3.05, 3.63) is 102 Å². The lowest BCUT2D eigenvalue weighted by Gasteiger charge is -2.34. The third-order valence-corrected chi connectivity index (χ3v) is 8.02. The molecule has 1 saturated heterocycles. The zero-order valence-electron chi connectivity index (χ0n) is 18.9. The molecule has 172 valence electrons. The molecule has 0 aromatic heterocycles. The monoisotopic (exact) mass is 462 g/mol. The Bertz CT molecular complexity index is 1120. The van der Waals surface area contributed by atoms with E-state index in [4.69, 9.17) is 0 Å². The van der Waals surface area contributed by atoms with Crippen molar-refractivity contribution >= 4 is 15.9 Å². The van der Waals surface area contributed by atoms with E-state index in [2.05, 4.69) is 0 Å². The van der Waals surface area contributed by atoms with Crippen molar-refractivity contribution in [3.63, 3.8) is 0 Å². The van der Waals surface area contributed by atoms with Gasteiger partial charge in [-0.25, -0.2) is 8.42 Å². The van der Waals surface area contributed by atoms with Crippen LogP contribution in [0.25, 0.3) is 0 Å². The van der Waals surface area contributed by atoms with Crippen LogP contribution in [-0.4, -0.2) is 36.6 Å². The summed E-state index contributed by atoms with van der Waals surface area (Å²) in [5.41, 5.74) is 3.13. The standard InChI is InChI=1S/C27H30N2O3S/c1-22-14-16-26(17-15-22)33(31,32)29-18-8-13-25(21-29)27(30)28(19-23-9-4-2-5-10-23)20-24-11-6-3-7-12-24/h2-7,9-12,14-17,25H,8,13,18-21H2,1H3/t25-/m1/s1. The zero-order valence-corrected chi connectivity index (χ0v) is 19.7. The van der Waals surface area contributed by atoms with Gasteiger partial charge in [-0.1, -0.05) is 78.4 Å². The minimum Gasteiger partial charge on any atom is -0.334 e. The van der Waals surface area contributed by atoms with Crippen LogP contribution in [-0.2, 0) is 27.9 Å². The van der Waals surface area contributed by atoms with Crippen LogP contribution in [0, 0.1) is 12.8 Å². The molecule has 0 aliphatic carbocycles. The molecule has 1 heterocycles. The van der Waals surface area contributed by atoms with Gasteiger partial charge in [-0.15, -0.1) is 0 Å². The second-order valence-electron chi connectivity index (χ2n) is 8.68. The van der Waals surface area contributed by atoms with Crippen LogP contribution in [0.3, 0.4) is 0 Å². The van der Waals surface area contributed by atoms with Gasteiger partial charge in [0.2, 0.25) is 15.9 Å². The number of rotatable bonds is 7. The number of hydrogen-bond donors (Lipinski definition) is 0. The lowest BCUT2D eigenvalue weighted by atomic mass is 9.97. The summed E-state index contributed by atoms with van der Waals surface area (Å²) >= 11 is 0. The maximum Gasteiger partial charge on any atom is 0.243 e. The summed E-state index contributed by atoms with van der Waals surface area (Å²) in [6, 6.07) is 26.8. The number of nitrogens with zero attached hydrogens (tertiary/aromatic N) is 2. The first-order valence-electron chi connectivity index (χ1n) is 11.4. The first kappa shape index (κ1) is 23.2. The highest BCUT2D eigenvalue weighted by Gasteiger charge is 2.35. The first-order valence-corrected chi connectivity index (χ1v) is 12.8. The summed E-state index contributed by atoms with van der Waals surface area (Å²) in [6.07, 6.45) is 1.37. The van der Waals surface area contributed by atoms with E-state index in [1.807, 2.05) is 72.5 Å². The fraction of sp³-hybridized carbons (Fsp3) is 0.296. The molecule has 33 heavy (non-hydrogen) atoms. The molecule has 3 aromatic rings. The van der Waals surface area contributed by atoms with E-state index in [0.717, 1.165) is 16.7 Å². The van der Waals surface area contributed by atoms with Gasteiger partial charge in [0.15, 0.2) is 0 Å². The fourth-order valence-electron chi connectivity index (χ4n) is 4.30. The molecule has 3 aromatic carbocycles. The van der Waals surface area contributed by atoms with E-state index in [9.17, 15) is 13.2 Å². The number of sulfonamides is 1. The molecule has 1 atom stereocenters. The van der Waals surface area contributed by atoms with Gasteiger partial charge in [0.1, 0.15) is 0 Å². The molecule has 5 nitrogen and oxygen atoms in total. The molecule has 0 saturated carbocycles. The van der Waals surface area contributed by atoms with Crippen LogP contribution in [0.1, 0.15) is 29.5 Å². The van der Waals surface area contributed by atoms with Gasteiger partial charge in [-0.2, -0.15) is 4.31 Å². The van der Waals surface area contributed by atoms with E-state index >= 15 is 0 Å². The Labute approximate surface area is 196 Å². The lowest BCUT2D eigenvalue weighted by Crippen LogP contribution is -2.46. The van der Waals surface area contributed by atoms with Crippen molar-refractivity contribution in [2.75, 3.05) is 13.1 Å². The minimum absolute atomic E-state index is 0.00603. The van der Waals surface area contributed by atoms with Gasteiger partial charge >= 0.3 is 0 Å². The average Bonchev–Trinajstić information content (AvgIpc) is 2.85. The van der Waals surface area contributed by atoms with Crippen LogP contribution in [0.5, 0.6) is 0 Å². The number of benzene rings is 3. The highest BCUT2D eigenvalue weighted by atomic mass is 32.2. The van der Waals surface area contributed by atoms with Gasteiger partial charge in [0.25, 0.3) is 0 Å². The molecule has 1 aliphatic heterocycles. The SMILES string of the molecule is Cc1ccc(S(=O)(=O)N2CCC[C@@H](C(=O)N(Cc3ccccc3)Cc3ccccc3)C2)cc1. The predicted octanol–water partition coefficient (Wildman–Crippen LogP) is 4.62. The predicted molar refractivity (Wildman–Crippen MR) is 130 cm³/mol. The minimum atomic E-state index is -3.63. The Morgan fingerprint density at radius 2 is 1.42 bits per heavy atom. The molecule has 0 unspecified atom stereocenters. The van der Waals surface area contributed by atoms with Crippen LogP contribution >= 0.6 is 0 Å². The van der Waals surface area contributed by atoms with E-state index in [0.29, 0.717) is 32.5 Å². The summed E-state index contributed by atoms with van der Waals surface area (Å²) in [5.74, 6) is -0.349. The number of piperidine rings is 1. The van der Waals surface area contributed by atoms with E-state index < -0.39 is 10.0 Å². The van der Waals surface area contributed by atoms with E-state index in [1.54, 1.807) is 24.3 Å². The van der Waals surface area contributed by atoms with E-state index in [-0.39, 0.29) is 23.3 Å². The van der Waals surface area contributed by atoms with Gasteiger partial charge in [0.05, 0.1) is 10.8 Å². The first-order chi connectivity index (χ1) is 15.9. The number of hydrogen-bond acceptors (Lipinski definition) is 3. The Kier molecular flexibility index (Phi) is 7.26. The number of aryl methyl sites for hydroxylation is 1. The van der Waals surface area contributed by atoms with Crippen molar-refractivity contribution in [2.24, 2.45) is 5.92 Å². The van der Waals surface area contributed by atoms with Gasteiger partial charge < -0.3 is 4.90 Å². The van der Waals surface area contributed by atoms with Crippen LogP contribution in [0.2, 0.25) is 0 Å². The quantitative estimate of drug-likeness (QED) is 0.515. The Morgan fingerprint density at radius 1 is 0.879 bits per heavy atom.